The highest BCUT2D eigenvalue weighted by molar-refractivity contribution is 5.81. The smallest absolute Gasteiger partial charge is 0.328 e. The number of aliphatic hydroxyl groups is 1. The van der Waals surface area contributed by atoms with Crippen LogP contribution in [0.2, 0.25) is 0 Å². The van der Waals surface area contributed by atoms with Gasteiger partial charge in [0, 0.05) is 24.3 Å². The van der Waals surface area contributed by atoms with Gasteiger partial charge in [0.1, 0.15) is 13.1 Å². The minimum atomic E-state index is -1.25. The van der Waals surface area contributed by atoms with Crippen LogP contribution in [0.5, 0.6) is 0 Å². The summed E-state index contributed by atoms with van der Waals surface area (Å²) < 4.78 is 0.971. The number of aromatic nitrogens is 2. The van der Waals surface area contributed by atoms with Crippen LogP contribution >= 0.6 is 0 Å². The molecule has 1 amide bonds. The molecule has 0 aromatic carbocycles. The van der Waals surface area contributed by atoms with Gasteiger partial charge in [0.05, 0.1) is 6.61 Å². The molecular weight excluding hydrogens is 296 g/mol. The lowest BCUT2D eigenvalue weighted by Gasteiger charge is -2.23. The predicted molar refractivity (Wildman–Crippen MR) is 75.3 cm³/mol. The van der Waals surface area contributed by atoms with Crippen molar-refractivity contribution in [3.05, 3.63) is 32.6 Å². The maximum atomic E-state index is 12.1. The number of carboxylic acid groups (broad SMARTS) is 1. The standard InChI is InChI=1S/C12H18N4O6/c1-7-2-16(12(22)14-11(7)21)4-9(18)15(5-10(19)20)3-8(13)6-17/h2,8,17H,3-6,13H2,1H3,(H,19,20)(H,14,21,22)/t8-/m1/s1. The van der Waals surface area contributed by atoms with Gasteiger partial charge in [0.2, 0.25) is 5.91 Å². The lowest BCUT2D eigenvalue weighted by molar-refractivity contribution is -0.145. The summed E-state index contributed by atoms with van der Waals surface area (Å²) in [5.74, 6) is -1.91. The first-order valence-corrected chi connectivity index (χ1v) is 6.41. The van der Waals surface area contributed by atoms with E-state index in [1.54, 1.807) is 0 Å². The molecule has 0 aliphatic carbocycles. The molecule has 1 atom stereocenters. The number of aromatic amines is 1. The van der Waals surface area contributed by atoms with Gasteiger partial charge < -0.3 is 20.8 Å². The van der Waals surface area contributed by atoms with Crippen molar-refractivity contribution in [2.45, 2.75) is 19.5 Å². The molecule has 5 N–H and O–H groups in total. The summed E-state index contributed by atoms with van der Waals surface area (Å²) in [7, 11) is 0. The third-order valence-corrected chi connectivity index (χ3v) is 2.86. The number of nitrogens with two attached hydrogens (primary N) is 1. The van der Waals surface area contributed by atoms with E-state index in [1.807, 2.05) is 4.98 Å². The molecule has 0 saturated carbocycles. The maximum Gasteiger partial charge on any atom is 0.328 e. The Morgan fingerprint density at radius 3 is 2.64 bits per heavy atom. The van der Waals surface area contributed by atoms with Gasteiger partial charge in [0.15, 0.2) is 0 Å². The average molecular weight is 314 g/mol. The van der Waals surface area contributed by atoms with E-state index in [2.05, 4.69) is 0 Å². The van der Waals surface area contributed by atoms with Crippen LogP contribution in [-0.4, -0.2) is 62.3 Å². The molecule has 0 fully saturated rings. The van der Waals surface area contributed by atoms with Crippen molar-refractivity contribution < 1.29 is 19.8 Å². The Hall–Kier alpha value is -2.46. The quantitative estimate of drug-likeness (QED) is 0.419. The zero-order valence-corrected chi connectivity index (χ0v) is 12.0. The fourth-order valence-corrected chi connectivity index (χ4v) is 1.74. The molecule has 10 heteroatoms. The zero-order chi connectivity index (χ0) is 16.9. The lowest BCUT2D eigenvalue weighted by Crippen LogP contribution is -2.47. The molecule has 0 radical (unpaired) electrons. The van der Waals surface area contributed by atoms with Crippen molar-refractivity contribution in [2.75, 3.05) is 19.7 Å². The number of nitrogens with one attached hydrogen (secondary N) is 1. The van der Waals surface area contributed by atoms with Crippen LogP contribution in [-0.2, 0) is 16.1 Å². The van der Waals surface area contributed by atoms with Gasteiger partial charge in [-0.05, 0) is 6.92 Å². The maximum absolute atomic E-state index is 12.1. The number of aryl methyl sites for hydroxylation is 1. The van der Waals surface area contributed by atoms with Gasteiger partial charge >= 0.3 is 11.7 Å². The van der Waals surface area contributed by atoms with E-state index in [1.165, 1.54) is 13.1 Å². The number of aliphatic carboxylic acids is 1. The molecule has 10 nitrogen and oxygen atoms in total. The number of nitrogens with zero attached hydrogens (tertiary/aromatic N) is 2. The van der Waals surface area contributed by atoms with Crippen LogP contribution in [0.25, 0.3) is 0 Å². The second-order valence-electron chi connectivity index (χ2n) is 4.81. The first-order chi connectivity index (χ1) is 10.2. The molecule has 1 aromatic heterocycles. The van der Waals surface area contributed by atoms with Gasteiger partial charge in [-0.2, -0.15) is 0 Å². The van der Waals surface area contributed by atoms with Gasteiger partial charge in [-0.1, -0.05) is 0 Å². The number of hydrogen-bond donors (Lipinski definition) is 4. The Balaban J connectivity index is 2.95. The number of rotatable bonds is 7. The van der Waals surface area contributed by atoms with Crippen molar-refractivity contribution in [3.8, 4) is 0 Å². The van der Waals surface area contributed by atoms with Crippen molar-refractivity contribution in [3.63, 3.8) is 0 Å². The Morgan fingerprint density at radius 2 is 2.09 bits per heavy atom. The topological polar surface area (TPSA) is 159 Å². The van der Waals surface area contributed by atoms with Crippen LogP contribution in [0.15, 0.2) is 15.8 Å². The first-order valence-electron chi connectivity index (χ1n) is 6.41. The molecule has 0 unspecified atom stereocenters. The average Bonchev–Trinajstić information content (AvgIpc) is 2.43. The van der Waals surface area contributed by atoms with E-state index < -0.39 is 48.9 Å². The van der Waals surface area contributed by atoms with Crippen molar-refractivity contribution >= 4 is 11.9 Å². The van der Waals surface area contributed by atoms with Crippen LogP contribution in [0.1, 0.15) is 5.56 Å². The Morgan fingerprint density at radius 1 is 1.45 bits per heavy atom. The monoisotopic (exact) mass is 314 g/mol. The molecular formula is C12H18N4O6. The zero-order valence-electron chi connectivity index (χ0n) is 12.0. The Labute approximate surface area is 124 Å². The number of amides is 1. The fourth-order valence-electron chi connectivity index (χ4n) is 1.74. The summed E-state index contributed by atoms with van der Waals surface area (Å²) in [5, 5.41) is 17.7. The number of carbonyl (C=O) groups excluding carboxylic acids is 1. The molecule has 0 saturated heterocycles. The van der Waals surface area contributed by atoms with Crippen LogP contribution in [0.3, 0.4) is 0 Å². The molecule has 1 rings (SSSR count). The molecule has 0 aliphatic heterocycles. The summed E-state index contributed by atoms with van der Waals surface area (Å²) in [4.78, 5) is 48.7. The van der Waals surface area contributed by atoms with E-state index in [-0.39, 0.29) is 12.1 Å². The van der Waals surface area contributed by atoms with E-state index >= 15 is 0 Å². The number of H-pyrrole nitrogens is 1. The van der Waals surface area contributed by atoms with Crippen LogP contribution in [0, 0.1) is 6.92 Å². The molecule has 0 bridgehead atoms. The highest BCUT2D eigenvalue weighted by atomic mass is 16.4. The van der Waals surface area contributed by atoms with E-state index in [0.717, 1.165) is 9.47 Å². The largest absolute Gasteiger partial charge is 0.480 e. The molecule has 1 aromatic rings. The second kappa shape index (κ2) is 7.52. The lowest BCUT2D eigenvalue weighted by atomic mass is 10.3. The predicted octanol–water partition coefficient (Wildman–Crippen LogP) is -2.92. The number of carbonyl (C=O) groups is 2. The molecule has 1 heterocycles. The molecule has 0 spiro atoms. The molecule has 0 aliphatic rings. The third-order valence-electron chi connectivity index (χ3n) is 2.86. The normalized spacial score (nSPS) is 12.0. The van der Waals surface area contributed by atoms with Crippen LogP contribution < -0.4 is 17.0 Å². The van der Waals surface area contributed by atoms with Gasteiger partial charge in [0.25, 0.3) is 5.56 Å². The van der Waals surface area contributed by atoms with Crippen molar-refractivity contribution in [1.82, 2.24) is 14.5 Å². The highest BCUT2D eigenvalue weighted by Gasteiger charge is 2.20. The van der Waals surface area contributed by atoms with E-state index in [0.29, 0.717) is 0 Å². The Bertz CT molecular complexity index is 664. The summed E-state index contributed by atoms with van der Waals surface area (Å²) in [6.45, 7) is -0.165. The number of aliphatic hydroxyl groups excluding tert-OH is 1. The van der Waals surface area contributed by atoms with E-state index in [4.69, 9.17) is 15.9 Å². The highest BCUT2D eigenvalue weighted by Crippen LogP contribution is 1.96. The third kappa shape index (κ3) is 4.82. The van der Waals surface area contributed by atoms with Crippen molar-refractivity contribution in [1.29, 1.82) is 0 Å². The summed E-state index contributed by atoms with van der Waals surface area (Å²) in [5.41, 5.74) is 4.41. The SMILES string of the molecule is Cc1cn(CC(=O)N(CC(=O)O)C[C@@H](N)CO)c(=O)[nH]c1=O. The minimum absolute atomic E-state index is 0.168. The number of hydrogen-bond acceptors (Lipinski definition) is 6. The van der Waals surface area contributed by atoms with Gasteiger partial charge in [-0.15, -0.1) is 0 Å². The summed E-state index contributed by atoms with van der Waals surface area (Å²) in [6, 6.07) is -0.794. The summed E-state index contributed by atoms with van der Waals surface area (Å²) >= 11 is 0. The van der Waals surface area contributed by atoms with Crippen molar-refractivity contribution in [2.24, 2.45) is 5.73 Å². The molecule has 22 heavy (non-hydrogen) atoms. The van der Waals surface area contributed by atoms with Gasteiger partial charge in [-0.3, -0.25) is 23.9 Å². The van der Waals surface area contributed by atoms with E-state index in [9.17, 15) is 19.2 Å². The summed E-state index contributed by atoms with van der Waals surface area (Å²) in [6.07, 6.45) is 1.21. The first kappa shape index (κ1) is 17.6. The number of carboxylic acids is 1. The van der Waals surface area contributed by atoms with Gasteiger partial charge in [-0.25, -0.2) is 4.79 Å². The Kier molecular flexibility index (Phi) is 6.01. The molecule has 122 valence electrons. The second-order valence-corrected chi connectivity index (χ2v) is 4.81. The van der Waals surface area contributed by atoms with Crippen LogP contribution in [0.4, 0.5) is 0 Å². The minimum Gasteiger partial charge on any atom is -0.480 e. The fraction of sp³-hybridized carbons (Fsp3) is 0.500.